The summed E-state index contributed by atoms with van der Waals surface area (Å²) in [6.07, 6.45) is 8.47. The zero-order chi connectivity index (χ0) is 20.9. The molecule has 0 aliphatic heterocycles. The second-order valence-corrected chi connectivity index (χ2v) is 9.31. The smallest absolute Gasteiger partial charge is 0.313 e. The molecule has 154 valence electrons. The molecule has 1 saturated carbocycles. The highest BCUT2D eigenvalue weighted by atomic mass is 32.2. The van der Waals surface area contributed by atoms with Gasteiger partial charge in [-0.15, -0.1) is 11.8 Å². The molecule has 1 aliphatic carbocycles. The molecule has 3 heteroatoms. The number of carboxylic acid groups (broad SMARTS) is 1. The van der Waals surface area contributed by atoms with Crippen LogP contribution in [0.5, 0.6) is 0 Å². The summed E-state index contributed by atoms with van der Waals surface area (Å²) in [5, 5.41) is 11.5. The summed E-state index contributed by atoms with van der Waals surface area (Å²) >= 11 is 1.38. The molecule has 1 aliphatic rings. The molecule has 0 heterocycles. The third kappa shape index (κ3) is 4.96. The number of carbonyl (C=O) groups is 1. The van der Waals surface area contributed by atoms with E-state index in [9.17, 15) is 4.79 Å². The standard InChI is InChI=1S/C27H28O2S/c1-19(25-8-4-6-22-5-2-3-7-26(22)25)9-10-20-11-12-23(17-20)21-13-15-24(16-14-21)30-18-27(28)29/h2-10,13-16,19-20,23H,11-12,17-18H2,1H3,(H,28,29). The molecular formula is C27H28O2S. The Kier molecular flexibility index (Phi) is 6.59. The molecule has 0 bridgehead atoms. The minimum atomic E-state index is -0.771. The topological polar surface area (TPSA) is 37.3 Å². The number of hydrogen-bond acceptors (Lipinski definition) is 2. The quantitative estimate of drug-likeness (QED) is 0.325. The number of thioether (sulfide) groups is 1. The number of allylic oxidation sites excluding steroid dienone is 2. The molecule has 0 amide bonds. The van der Waals surface area contributed by atoms with Gasteiger partial charge in [0.15, 0.2) is 0 Å². The van der Waals surface area contributed by atoms with Crippen LogP contribution in [0.25, 0.3) is 10.8 Å². The molecule has 0 spiro atoms. The van der Waals surface area contributed by atoms with Crippen LogP contribution in [-0.2, 0) is 4.79 Å². The fourth-order valence-corrected chi connectivity index (χ4v) is 5.17. The van der Waals surface area contributed by atoms with Crippen molar-refractivity contribution in [2.45, 2.75) is 42.9 Å². The summed E-state index contributed by atoms with van der Waals surface area (Å²) in [7, 11) is 0. The zero-order valence-electron chi connectivity index (χ0n) is 17.3. The summed E-state index contributed by atoms with van der Waals surface area (Å²) in [4.78, 5) is 11.7. The molecule has 1 N–H and O–H groups in total. The Morgan fingerprint density at radius 1 is 1.07 bits per heavy atom. The first-order valence-corrected chi connectivity index (χ1v) is 11.7. The molecule has 0 saturated heterocycles. The fourth-order valence-electron chi connectivity index (χ4n) is 4.55. The second kappa shape index (κ2) is 9.53. The zero-order valence-corrected chi connectivity index (χ0v) is 18.1. The van der Waals surface area contributed by atoms with Gasteiger partial charge in [-0.1, -0.05) is 73.7 Å². The van der Waals surface area contributed by atoms with E-state index in [1.807, 2.05) is 0 Å². The van der Waals surface area contributed by atoms with Gasteiger partial charge in [-0.2, -0.15) is 0 Å². The van der Waals surface area contributed by atoms with E-state index >= 15 is 0 Å². The third-order valence-corrected chi connectivity index (χ3v) is 7.17. The van der Waals surface area contributed by atoms with Gasteiger partial charge in [0.1, 0.15) is 0 Å². The maximum Gasteiger partial charge on any atom is 0.313 e. The summed E-state index contributed by atoms with van der Waals surface area (Å²) in [5.74, 6) is 0.984. The summed E-state index contributed by atoms with van der Waals surface area (Å²) in [6, 6.07) is 23.7. The number of fused-ring (bicyclic) bond motifs is 1. The molecule has 30 heavy (non-hydrogen) atoms. The molecule has 2 nitrogen and oxygen atoms in total. The number of rotatable bonds is 7. The summed E-state index contributed by atoms with van der Waals surface area (Å²) in [6.45, 7) is 2.29. The van der Waals surface area contributed by atoms with Gasteiger partial charge < -0.3 is 5.11 Å². The van der Waals surface area contributed by atoms with Crippen LogP contribution in [-0.4, -0.2) is 16.8 Å². The van der Waals surface area contributed by atoms with E-state index in [-0.39, 0.29) is 5.75 Å². The van der Waals surface area contributed by atoms with Gasteiger partial charge in [0.25, 0.3) is 0 Å². The lowest BCUT2D eigenvalue weighted by molar-refractivity contribution is -0.133. The lowest BCUT2D eigenvalue weighted by atomic mass is 9.92. The Balaban J connectivity index is 1.37. The molecule has 3 aromatic carbocycles. The Bertz CT molecular complexity index is 1030. The van der Waals surface area contributed by atoms with Gasteiger partial charge in [0.05, 0.1) is 5.75 Å². The van der Waals surface area contributed by atoms with Crippen LogP contribution < -0.4 is 0 Å². The number of hydrogen-bond donors (Lipinski definition) is 1. The van der Waals surface area contributed by atoms with Crippen LogP contribution in [0, 0.1) is 5.92 Å². The first-order chi connectivity index (χ1) is 14.6. The fraction of sp³-hybridized carbons (Fsp3) is 0.296. The molecule has 4 rings (SSSR count). The second-order valence-electron chi connectivity index (χ2n) is 8.26. The molecule has 3 atom stereocenters. The monoisotopic (exact) mass is 416 g/mol. The van der Waals surface area contributed by atoms with Gasteiger partial charge in [0.2, 0.25) is 0 Å². The Morgan fingerprint density at radius 3 is 2.63 bits per heavy atom. The number of carboxylic acids is 1. The van der Waals surface area contributed by atoms with Crippen molar-refractivity contribution in [2.24, 2.45) is 5.92 Å². The number of aliphatic carboxylic acids is 1. The maximum atomic E-state index is 10.7. The van der Waals surface area contributed by atoms with E-state index in [1.54, 1.807) is 0 Å². The highest BCUT2D eigenvalue weighted by Gasteiger charge is 2.24. The van der Waals surface area contributed by atoms with Crippen LogP contribution in [0.4, 0.5) is 0 Å². The molecule has 1 fully saturated rings. The van der Waals surface area contributed by atoms with E-state index in [2.05, 4.69) is 85.8 Å². The van der Waals surface area contributed by atoms with Crippen molar-refractivity contribution in [2.75, 3.05) is 5.75 Å². The van der Waals surface area contributed by atoms with Gasteiger partial charge in [-0.05, 0) is 71.0 Å². The Labute approximate surface area is 183 Å². The van der Waals surface area contributed by atoms with Crippen molar-refractivity contribution >= 4 is 28.5 Å². The third-order valence-electron chi connectivity index (χ3n) is 6.17. The minimum absolute atomic E-state index is 0.116. The van der Waals surface area contributed by atoms with Gasteiger partial charge >= 0.3 is 5.97 Å². The minimum Gasteiger partial charge on any atom is -0.481 e. The van der Waals surface area contributed by atoms with Crippen molar-refractivity contribution in [1.82, 2.24) is 0 Å². The maximum absolute atomic E-state index is 10.7. The van der Waals surface area contributed by atoms with Crippen LogP contribution in [0.15, 0.2) is 83.8 Å². The molecule has 0 aromatic heterocycles. The predicted molar refractivity (Wildman–Crippen MR) is 126 cm³/mol. The van der Waals surface area contributed by atoms with Crippen LogP contribution in [0.1, 0.15) is 49.1 Å². The normalized spacial score (nSPS) is 20.0. The number of benzene rings is 3. The van der Waals surface area contributed by atoms with E-state index in [1.165, 1.54) is 52.9 Å². The van der Waals surface area contributed by atoms with Crippen molar-refractivity contribution in [3.8, 4) is 0 Å². The summed E-state index contributed by atoms with van der Waals surface area (Å²) < 4.78 is 0. The van der Waals surface area contributed by atoms with E-state index in [4.69, 9.17) is 5.11 Å². The predicted octanol–water partition coefficient (Wildman–Crippen LogP) is 7.26. The first-order valence-electron chi connectivity index (χ1n) is 10.7. The van der Waals surface area contributed by atoms with Crippen molar-refractivity contribution in [3.63, 3.8) is 0 Å². The van der Waals surface area contributed by atoms with Gasteiger partial charge in [-0.3, -0.25) is 4.79 Å². The average molecular weight is 417 g/mol. The van der Waals surface area contributed by atoms with Crippen molar-refractivity contribution in [1.29, 1.82) is 0 Å². The van der Waals surface area contributed by atoms with Crippen LogP contribution in [0.3, 0.4) is 0 Å². The Morgan fingerprint density at radius 2 is 1.83 bits per heavy atom. The highest BCUT2D eigenvalue weighted by Crippen LogP contribution is 2.40. The van der Waals surface area contributed by atoms with Gasteiger partial charge in [-0.25, -0.2) is 0 Å². The molecular weight excluding hydrogens is 388 g/mol. The Hall–Kier alpha value is -2.52. The lowest BCUT2D eigenvalue weighted by Crippen LogP contribution is -1.98. The summed E-state index contributed by atoms with van der Waals surface area (Å²) in [5.41, 5.74) is 2.78. The molecule has 3 aromatic rings. The SMILES string of the molecule is CC(C=CC1CCC(c2ccc(SCC(=O)O)cc2)C1)c1cccc2ccccc12. The van der Waals surface area contributed by atoms with Gasteiger partial charge in [0, 0.05) is 4.90 Å². The van der Waals surface area contributed by atoms with Crippen LogP contribution >= 0.6 is 11.8 Å². The molecule has 3 unspecified atom stereocenters. The van der Waals surface area contributed by atoms with Crippen molar-refractivity contribution in [3.05, 3.63) is 90.0 Å². The highest BCUT2D eigenvalue weighted by molar-refractivity contribution is 8.00. The molecule has 0 radical (unpaired) electrons. The first kappa shape index (κ1) is 20.7. The van der Waals surface area contributed by atoms with E-state index < -0.39 is 5.97 Å². The van der Waals surface area contributed by atoms with Crippen molar-refractivity contribution < 1.29 is 9.90 Å². The lowest BCUT2D eigenvalue weighted by Gasteiger charge is -2.13. The average Bonchev–Trinajstić information content (AvgIpc) is 3.25. The van der Waals surface area contributed by atoms with E-state index in [0.717, 1.165) is 4.90 Å². The van der Waals surface area contributed by atoms with Crippen LogP contribution in [0.2, 0.25) is 0 Å². The largest absolute Gasteiger partial charge is 0.481 e. The van der Waals surface area contributed by atoms with E-state index in [0.29, 0.717) is 17.8 Å².